The molecule has 0 atom stereocenters. The minimum Gasteiger partial charge on any atom is -0.436 e. The molecule has 0 bridgehead atoms. The fourth-order valence-electron chi connectivity index (χ4n) is 1.19. The molecule has 1 aromatic carbocycles. The molecule has 0 spiro atoms. The Bertz CT molecular complexity index is 594. The van der Waals surface area contributed by atoms with Gasteiger partial charge in [-0.25, -0.2) is 4.98 Å². The predicted octanol–water partition coefficient (Wildman–Crippen LogP) is 2.38. The minimum absolute atomic E-state index is 0.0311. The minimum atomic E-state index is 0.0311. The van der Waals surface area contributed by atoms with Gasteiger partial charge in [-0.05, 0) is 23.7 Å². The zero-order valence-electron chi connectivity index (χ0n) is 8.59. The lowest BCUT2D eigenvalue weighted by molar-refractivity contribution is 0.463. The van der Waals surface area contributed by atoms with Gasteiger partial charge >= 0.3 is 0 Å². The van der Waals surface area contributed by atoms with Gasteiger partial charge in [0, 0.05) is 0 Å². The standard InChI is InChI=1S/C11H7ClN4O/c12-11-15-6-8(14)10(16-11)17-9-4-2-1-3-7(9)5-13/h1-4,6H,14H2. The van der Waals surface area contributed by atoms with E-state index < -0.39 is 0 Å². The molecule has 2 N–H and O–H groups in total. The van der Waals surface area contributed by atoms with E-state index in [1.807, 2.05) is 6.07 Å². The van der Waals surface area contributed by atoms with E-state index in [9.17, 15) is 0 Å². The Morgan fingerprint density at radius 2 is 2.12 bits per heavy atom. The molecule has 0 amide bonds. The molecule has 0 saturated carbocycles. The van der Waals surface area contributed by atoms with Gasteiger partial charge in [-0.1, -0.05) is 12.1 Å². The number of nitrogen functional groups attached to an aromatic ring is 1. The summed E-state index contributed by atoms with van der Waals surface area (Å²) < 4.78 is 5.43. The first kappa shape index (κ1) is 11.2. The number of hydrogen-bond acceptors (Lipinski definition) is 5. The number of ether oxygens (including phenoxy) is 1. The molecular weight excluding hydrogens is 240 g/mol. The number of hydrogen-bond donors (Lipinski definition) is 1. The maximum atomic E-state index is 8.90. The van der Waals surface area contributed by atoms with Crippen LogP contribution < -0.4 is 10.5 Å². The molecule has 0 aliphatic rings. The second kappa shape index (κ2) is 4.68. The van der Waals surface area contributed by atoms with E-state index >= 15 is 0 Å². The molecular formula is C11H7ClN4O. The van der Waals surface area contributed by atoms with Crippen LogP contribution in [0, 0.1) is 11.3 Å². The van der Waals surface area contributed by atoms with E-state index in [0.717, 1.165) is 0 Å². The highest BCUT2D eigenvalue weighted by atomic mass is 35.5. The van der Waals surface area contributed by atoms with E-state index in [0.29, 0.717) is 11.3 Å². The van der Waals surface area contributed by atoms with Crippen molar-refractivity contribution in [2.24, 2.45) is 0 Å². The van der Waals surface area contributed by atoms with E-state index in [1.54, 1.807) is 24.3 Å². The molecule has 6 heteroatoms. The SMILES string of the molecule is N#Cc1ccccc1Oc1nc(Cl)ncc1N. The van der Waals surface area contributed by atoms with Crippen LogP contribution in [0.25, 0.3) is 0 Å². The van der Waals surface area contributed by atoms with Gasteiger partial charge in [0.25, 0.3) is 0 Å². The van der Waals surface area contributed by atoms with Crippen LogP contribution in [0.1, 0.15) is 5.56 Å². The van der Waals surface area contributed by atoms with Gasteiger partial charge in [-0.15, -0.1) is 0 Å². The zero-order valence-corrected chi connectivity index (χ0v) is 9.35. The summed E-state index contributed by atoms with van der Waals surface area (Å²) in [5, 5.41) is 8.93. The van der Waals surface area contributed by atoms with Crippen LogP contribution in [0.15, 0.2) is 30.5 Å². The zero-order chi connectivity index (χ0) is 12.3. The van der Waals surface area contributed by atoms with Gasteiger partial charge in [-0.2, -0.15) is 10.2 Å². The third-order valence-corrected chi connectivity index (χ3v) is 2.15. The maximum absolute atomic E-state index is 8.90. The van der Waals surface area contributed by atoms with Gasteiger partial charge in [0.05, 0.1) is 11.8 Å². The molecule has 2 aromatic rings. The number of aromatic nitrogens is 2. The molecule has 5 nitrogen and oxygen atoms in total. The number of rotatable bonds is 2. The van der Waals surface area contributed by atoms with Crippen molar-refractivity contribution in [1.82, 2.24) is 9.97 Å². The number of anilines is 1. The summed E-state index contributed by atoms with van der Waals surface area (Å²) in [6.07, 6.45) is 1.35. The smallest absolute Gasteiger partial charge is 0.247 e. The van der Waals surface area contributed by atoms with Crippen molar-refractivity contribution in [3.05, 3.63) is 41.3 Å². The molecule has 1 aromatic heterocycles. The highest BCUT2D eigenvalue weighted by Gasteiger charge is 2.08. The van der Waals surface area contributed by atoms with Crippen molar-refractivity contribution >= 4 is 17.3 Å². The second-order valence-electron chi connectivity index (χ2n) is 3.11. The van der Waals surface area contributed by atoms with Crippen molar-refractivity contribution < 1.29 is 4.74 Å². The van der Waals surface area contributed by atoms with Crippen LogP contribution in [-0.2, 0) is 0 Å². The summed E-state index contributed by atoms with van der Waals surface area (Å²) >= 11 is 5.63. The fourth-order valence-corrected chi connectivity index (χ4v) is 1.31. The number of nitriles is 1. The molecule has 0 fully saturated rings. The van der Waals surface area contributed by atoms with Gasteiger partial charge in [0.2, 0.25) is 11.2 Å². The molecule has 0 aliphatic carbocycles. The summed E-state index contributed by atoms with van der Waals surface area (Å²) in [5.41, 5.74) is 6.28. The summed E-state index contributed by atoms with van der Waals surface area (Å²) in [6.45, 7) is 0. The van der Waals surface area contributed by atoms with Crippen LogP contribution in [0.5, 0.6) is 11.6 Å². The highest BCUT2D eigenvalue weighted by molar-refractivity contribution is 6.28. The Morgan fingerprint density at radius 1 is 1.35 bits per heavy atom. The Morgan fingerprint density at radius 3 is 2.88 bits per heavy atom. The van der Waals surface area contributed by atoms with Crippen molar-refractivity contribution in [1.29, 1.82) is 5.26 Å². The van der Waals surface area contributed by atoms with E-state index in [2.05, 4.69) is 9.97 Å². The summed E-state index contributed by atoms with van der Waals surface area (Å²) in [6, 6.07) is 8.77. The van der Waals surface area contributed by atoms with Gasteiger partial charge < -0.3 is 10.5 Å². The van der Waals surface area contributed by atoms with Crippen LogP contribution in [0.4, 0.5) is 5.69 Å². The summed E-state index contributed by atoms with van der Waals surface area (Å²) in [7, 11) is 0. The van der Waals surface area contributed by atoms with Crippen molar-refractivity contribution in [2.75, 3.05) is 5.73 Å². The second-order valence-corrected chi connectivity index (χ2v) is 3.45. The largest absolute Gasteiger partial charge is 0.436 e. The number of halogens is 1. The number of nitrogens with two attached hydrogens (primary N) is 1. The van der Waals surface area contributed by atoms with E-state index in [-0.39, 0.29) is 16.9 Å². The molecule has 84 valence electrons. The van der Waals surface area contributed by atoms with E-state index in [4.69, 9.17) is 27.3 Å². The van der Waals surface area contributed by atoms with Crippen LogP contribution in [0.3, 0.4) is 0 Å². The van der Waals surface area contributed by atoms with Crippen LogP contribution in [0.2, 0.25) is 5.28 Å². The Labute approximate surface area is 102 Å². The van der Waals surface area contributed by atoms with Gasteiger partial charge in [0.15, 0.2) is 0 Å². The monoisotopic (exact) mass is 246 g/mol. The van der Waals surface area contributed by atoms with E-state index in [1.165, 1.54) is 6.20 Å². The predicted molar refractivity (Wildman–Crippen MR) is 62.7 cm³/mol. The summed E-state index contributed by atoms with van der Waals surface area (Å²) in [4.78, 5) is 7.55. The first-order valence-electron chi connectivity index (χ1n) is 4.65. The lowest BCUT2D eigenvalue weighted by Crippen LogP contribution is -1.98. The first-order chi connectivity index (χ1) is 8.20. The third kappa shape index (κ3) is 2.44. The first-order valence-corrected chi connectivity index (χ1v) is 5.03. The normalized spacial score (nSPS) is 9.65. The molecule has 2 rings (SSSR count). The maximum Gasteiger partial charge on any atom is 0.247 e. The number of nitrogens with zero attached hydrogens (tertiary/aromatic N) is 3. The Hall–Kier alpha value is -2.32. The highest BCUT2D eigenvalue weighted by Crippen LogP contribution is 2.27. The van der Waals surface area contributed by atoms with Crippen molar-refractivity contribution in [3.63, 3.8) is 0 Å². The summed E-state index contributed by atoms with van der Waals surface area (Å²) in [5.74, 6) is 0.504. The van der Waals surface area contributed by atoms with Crippen LogP contribution >= 0.6 is 11.6 Å². The molecule has 1 heterocycles. The van der Waals surface area contributed by atoms with Crippen molar-refractivity contribution in [3.8, 4) is 17.7 Å². The Balaban J connectivity index is 2.38. The van der Waals surface area contributed by atoms with Crippen LogP contribution in [-0.4, -0.2) is 9.97 Å². The van der Waals surface area contributed by atoms with Gasteiger partial charge in [0.1, 0.15) is 17.5 Å². The number of benzene rings is 1. The number of para-hydroxylation sites is 1. The quantitative estimate of drug-likeness (QED) is 0.823. The lowest BCUT2D eigenvalue weighted by Gasteiger charge is -2.07. The molecule has 17 heavy (non-hydrogen) atoms. The van der Waals surface area contributed by atoms with Crippen molar-refractivity contribution in [2.45, 2.75) is 0 Å². The third-order valence-electron chi connectivity index (χ3n) is 1.97. The average molecular weight is 247 g/mol. The molecule has 0 radical (unpaired) electrons. The Kier molecular flexibility index (Phi) is 3.08. The lowest BCUT2D eigenvalue weighted by atomic mass is 10.2. The topological polar surface area (TPSA) is 84.8 Å². The fraction of sp³-hybridized carbons (Fsp3) is 0. The molecule has 0 unspecified atom stereocenters. The average Bonchev–Trinajstić information content (AvgIpc) is 2.34. The van der Waals surface area contributed by atoms with Gasteiger partial charge in [-0.3, -0.25) is 0 Å². The molecule has 0 aliphatic heterocycles. The molecule has 0 saturated heterocycles.